The maximum atomic E-state index is 12.2. The number of nitrogens with zero attached hydrogens (tertiary/aromatic N) is 2. The molecule has 0 N–H and O–H groups in total. The van der Waals surface area contributed by atoms with Gasteiger partial charge in [0.25, 0.3) is 0 Å². The summed E-state index contributed by atoms with van der Waals surface area (Å²) >= 11 is 7.80. The number of amides is 1. The molecule has 3 aromatic rings. The second kappa shape index (κ2) is 6.50. The summed E-state index contributed by atoms with van der Waals surface area (Å²) < 4.78 is 5.76. The van der Waals surface area contributed by atoms with Crippen molar-refractivity contribution in [3.8, 4) is 11.1 Å². The van der Waals surface area contributed by atoms with Crippen molar-refractivity contribution in [1.82, 2.24) is 10.1 Å². The number of rotatable bonds is 3. The van der Waals surface area contributed by atoms with Crippen molar-refractivity contribution < 1.29 is 9.32 Å². The first-order chi connectivity index (χ1) is 12.2. The lowest BCUT2D eigenvalue weighted by molar-refractivity contribution is -0.127. The molecule has 126 valence electrons. The molecular formula is C19H15ClN2O2S. The van der Waals surface area contributed by atoms with E-state index in [2.05, 4.69) is 17.8 Å². The van der Waals surface area contributed by atoms with E-state index in [0.717, 1.165) is 25.9 Å². The van der Waals surface area contributed by atoms with E-state index in [9.17, 15) is 4.79 Å². The van der Waals surface area contributed by atoms with Gasteiger partial charge in [-0.15, -0.1) is 11.3 Å². The van der Waals surface area contributed by atoms with Gasteiger partial charge in [0.1, 0.15) is 6.26 Å². The first-order valence-corrected chi connectivity index (χ1v) is 9.05. The molecule has 0 saturated carbocycles. The lowest BCUT2D eigenvalue weighted by Gasteiger charge is -2.33. The van der Waals surface area contributed by atoms with Crippen molar-refractivity contribution >= 4 is 28.8 Å². The summed E-state index contributed by atoms with van der Waals surface area (Å²) in [6.07, 6.45) is 4.70. The summed E-state index contributed by atoms with van der Waals surface area (Å²) in [4.78, 5) is 15.2. The SMILES string of the molecule is C=CC(=O)N1Cc2sc(Cl)cc2[C@H](c2ccccc2-c2cnoc2)C1. The predicted molar refractivity (Wildman–Crippen MR) is 98.7 cm³/mol. The number of carbonyl (C=O) groups excluding carboxylic acids is 1. The van der Waals surface area contributed by atoms with E-state index in [1.165, 1.54) is 23.0 Å². The average molecular weight is 371 g/mol. The molecule has 4 rings (SSSR count). The van der Waals surface area contributed by atoms with Gasteiger partial charge in [-0.05, 0) is 28.8 Å². The number of hydrogen-bond acceptors (Lipinski definition) is 4. The maximum Gasteiger partial charge on any atom is 0.246 e. The molecule has 0 unspecified atom stereocenters. The van der Waals surface area contributed by atoms with E-state index < -0.39 is 0 Å². The van der Waals surface area contributed by atoms with Crippen molar-refractivity contribution in [2.24, 2.45) is 0 Å². The number of carbonyl (C=O) groups is 1. The van der Waals surface area contributed by atoms with Crippen molar-refractivity contribution in [2.75, 3.05) is 6.54 Å². The Labute approximate surface area is 154 Å². The van der Waals surface area contributed by atoms with Crippen LogP contribution in [0.4, 0.5) is 0 Å². The summed E-state index contributed by atoms with van der Waals surface area (Å²) in [6, 6.07) is 10.2. The van der Waals surface area contributed by atoms with Crippen molar-refractivity contribution in [1.29, 1.82) is 0 Å². The minimum absolute atomic E-state index is 0.0440. The summed E-state index contributed by atoms with van der Waals surface area (Å²) in [5, 5.41) is 3.82. The van der Waals surface area contributed by atoms with Crippen molar-refractivity contribution in [3.05, 3.63) is 75.8 Å². The van der Waals surface area contributed by atoms with Crippen molar-refractivity contribution in [3.63, 3.8) is 0 Å². The molecule has 4 nitrogen and oxygen atoms in total. The van der Waals surface area contributed by atoms with Crippen LogP contribution in [0.15, 0.2) is 60.0 Å². The topological polar surface area (TPSA) is 46.3 Å². The minimum Gasteiger partial charge on any atom is -0.364 e. The molecule has 0 spiro atoms. The van der Waals surface area contributed by atoms with Gasteiger partial charge in [-0.3, -0.25) is 4.79 Å². The van der Waals surface area contributed by atoms with Crippen LogP contribution < -0.4 is 0 Å². The second-order valence-corrected chi connectivity index (χ2v) is 7.67. The monoisotopic (exact) mass is 370 g/mol. The third-order valence-electron chi connectivity index (χ3n) is 4.49. The zero-order valence-corrected chi connectivity index (χ0v) is 14.9. The second-order valence-electron chi connectivity index (χ2n) is 5.90. The Morgan fingerprint density at radius 1 is 1.40 bits per heavy atom. The summed E-state index contributed by atoms with van der Waals surface area (Å²) in [5.41, 5.74) is 4.29. The average Bonchev–Trinajstić information content (AvgIpc) is 3.28. The fourth-order valence-corrected chi connectivity index (χ4v) is 4.71. The van der Waals surface area contributed by atoms with Gasteiger partial charge in [0.2, 0.25) is 5.91 Å². The molecule has 0 saturated heterocycles. The molecule has 2 aromatic heterocycles. The number of halogens is 1. The predicted octanol–water partition coefficient (Wildman–Crippen LogP) is 4.72. The first kappa shape index (κ1) is 16.1. The fraction of sp³-hybridized carbons (Fsp3) is 0.158. The van der Waals surface area contributed by atoms with Gasteiger partial charge in [-0.2, -0.15) is 0 Å². The lowest BCUT2D eigenvalue weighted by atomic mass is 9.84. The lowest BCUT2D eigenvalue weighted by Crippen LogP contribution is -2.37. The molecule has 0 fully saturated rings. The van der Waals surface area contributed by atoms with Crippen LogP contribution in [-0.4, -0.2) is 22.5 Å². The van der Waals surface area contributed by atoms with Crippen LogP contribution in [0.5, 0.6) is 0 Å². The third kappa shape index (κ3) is 2.90. The minimum atomic E-state index is -0.0670. The molecule has 6 heteroatoms. The van der Waals surface area contributed by atoms with E-state index in [1.807, 2.05) is 29.2 Å². The van der Waals surface area contributed by atoms with Crippen molar-refractivity contribution in [2.45, 2.75) is 12.5 Å². The Morgan fingerprint density at radius 2 is 2.24 bits per heavy atom. The maximum absolute atomic E-state index is 12.2. The molecule has 1 aromatic carbocycles. The van der Waals surface area contributed by atoms with E-state index in [4.69, 9.17) is 16.1 Å². The van der Waals surface area contributed by atoms with Crippen LogP contribution in [0.1, 0.15) is 21.9 Å². The first-order valence-electron chi connectivity index (χ1n) is 7.85. The molecule has 3 heterocycles. The van der Waals surface area contributed by atoms with Gasteiger partial charge in [-0.25, -0.2) is 0 Å². The van der Waals surface area contributed by atoms with Gasteiger partial charge in [0.15, 0.2) is 0 Å². The van der Waals surface area contributed by atoms with Gasteiger partial charge in [-0.1, -0.05) is 47.6 Å². The van der Waals surface area contributed by atoms with Crippen LogP contribution in [-0.2, 0) is 11.3 Å². The fourth-order valence-electron chi connectivity index (χ4n) is 3.35. The highest BCUT2D eigenvalue weighted by atomic mass is 35.5. The van der Waals surface area contributed by atoms with Crippen LogP contribution in [0.2, 0.25) is 4.34 Å². The zero-order valence-electron chi connectivity index (χ0n) is 13.3. The van der Waals surface area contributed by atoms with Gasteiger partial charge in [0.05, 0.1) is 17.1 Å². The molecule has 1 amide bonds. The molecule has 25 heavy (non-hydrogen) atoms. The number of fused-ring (bicyclic) bond motifs is 1. The Kier molecular flexibility index (Phi) is 4.19. The van der Waals surface area contributed by atoms with Crippen LogP contribution in [0.25, 0.3) is 11.1 Å². The molecule has 1 atom stereocenters. The Bertz CT molecular complexity index is 933. The van der Waals surface area contributed by atoms with E-state index >= 15 is 0 Å². The zero-order chi connectivity index (χ0) is 17.4. The van der Waals surface area contributed by atoms with E-state index in [-0.39, 0.29) is 11.8 Å². The number of benzene rings is 1. The standard InChI is InChI=1S/C19H15ClN2O2S/c1-2-19(23)22-9-16(15-7-18(20)25-17(15)10-22)14-6-4-3-5-13(14)12-8-21-24-11-12/h2-8,11,16H,1,9-10H2/t16-/m0/s1. The van der Waals surface area contributed by atoms with Gasteiger partial charge >= 0.3 is 0 Å². The summed E-state index contributed by atoms with van der Waals surface area (Å²) in [5.74, 6) is -0.0230. The van der Waals surface area contributed by atoms with E-state index in [1.54, 1.807) is 12.5 Å². The number of aromatic nitrogens is 1. The third-order valence-corrected chi connectivity index (χ3v) is 5.75. The highest BCUT2D eigenvalue weighted by Gasteiger charge is 2.31. The number of hydrogen-bond donors (Lipinski definition) is 0. The smallest absolute Gasteiger partial charge is 0.246 e. The molecule has 1 aliphatic rings. The van der Waals surface area contributed by atoms with Gasteiger partial charge < -0.3 is 9.42 Å². The Morgan fingerprint density at radius 3 is 3.00 bits per heavy atom. The van der Waals surface area contributed by atoms with Crippen LogP contribution in [0.3, 0.4) is 0 Å². The molecule has 0 aliphatic carbocycles. The Balaban J connectivity index is 1.84. The highest BCUT2D eigenvalue weighted by Crippen LogP contribution is 2.42. The molecular weight excluding hydrogens is 356 g/mol. The Hall–Kier alpha value is -2.37. The largest absolute Gasteiger partial charge is 0.364 e. The normalized spacial score (nSPS) is 16.5. The number of thiophene rings is 1. The summed E-state index contributed by atoms with van der Waals surface area (Å²) in [7, 11) is 0. The van der Waals surface area contributed by atoms with Crippen LogP contribution >= 0.6 is 22.9 Å². The summed E-state index contributed by atoms with van der Waals surface area (Å²) in [6.45, 7) is 4.78. The van der Waals surface area contributed by atoms with E-state index in [0.29, 0.717) is 13.1 Å². The van der Waals surface area contributed by atoms with Gasteiger partial charge in [0, 0.05) is 22.9 Å². The molecule has 0 bridgehead atoms. The quantitative estimate of drug-likeness (QED) is 0.627. The molecule has 1 aliphatic heterocycles. The van der Waals surface area contributed by atoms with Crippen LogP contribution in [0, 0.1) is 0 Å². The highest BCUT2D eigenvalue weighted by molar-refractivity contribution is 7.16. The molecule has 0 radical (unpaired) electrons.